The SMILES string of the molecule is O=C(O)c1cnc(N2CCS(=O)CC2)c([N+](=O)[O-])c1. The number of nitro groups is 1. The van der Waals surface area contributed by atoms with Crippen molar-refractivity contribution in [2.24, 2.45) is 0 Å². The number of hydrogen-bond acceptors (Lipinski definition) is 6. The molecule has 0 bridgehead atoms. The molecule has 0 unspecified atom stereocenters. The van der Waals surface area contributed by atoms with Crippen molar-refractivity contribution in [3.63, 3.8) is 0 Å². The topological polar surface area (TPSA) is 114 Å². The van der Waals surface area contributed by atoms with E-state index in [1.165, 1.54) is 0 Å². The maximum atomic E-state index is 11.3. The van der Waals surface area contributed by atoms with E-state index in [1.807, 2.05) is 0 Å². The number of hydrogen-bond donors (Lipinski definition) is 1. The first kappa shape index (κ1) is 13.4. The number of carboxylic acid groups (broad SMARTS) is 1. The van der Waals surface area contributed by atoms with E-state index in [9.17, 15) is 19.1 Å². The molecule has 1 aliphatic rings. The highest BCUT2D eigenvalue weighted by atomic mass is 32.2. The van der Waals surface area contributed by atoms with Gasteiger partial charge in [0.2, 0.25) is 5.82 Å². The van der Waals surface area contributed by atoms with Gasteiger partial charge < -0.3 is 10.0 Å². The molecule has 1 N–H and O–H groups in total. The Balaban J connectivity index is 2.36. The summed E-state index contributed by atoms with van der Waals surface area (Å²) in [5.74, 6) is -0.271. The number of pyridine rings is 1. The van der Waals surface area contributed by atoms with Crippen LogP contribution in [0.15, 0.2) is 12.3 Å². The van der Waals surface area contributed by atoms with Crippen LogP contribution in [0, 0.1) is 10.1 Å². The van der Waals surface area contributed by atoms with E-state index < -0.39 is 21.7 Å². The molecule has 0 amide bonds. The molecule has 0 aliphatic carbocycles. The Morgan fingerprint density at radius 3 is 2.63 bits per heavy atom. The summed E-state index contributed by atoms with van der Waals surface area (Å²) in [5, 5.41) is 19.8. The number of carboxylic acids is 1. The Labute approximate surface area is 110 Å². The van der Waals surface area contributed by atoms with Gasteiger partial charge in [0.25, 0.3) is 0 Å². The average Bonchev–Trinajstić information content (AvgIpc) is 2.38. The summed E-state index contributed by atoms with van der Waals surface area (Å²) in [6, 6.07) is 0.996. The monoisotopic (exact) mass is 285 g/mol. The molecule has 0 atom stereocenters. The minimum Gasteiger partial charge on any atom is -0.478 e. The molecule has 19 heavy (non-hydrogen) atoms. The molecule has 8 nitrogen and oxygen atoms in total. The second-order valence-corrected chi connectivity index (χ2v) is 5.66. The minimum atomic E-state index is -1.26. The van der Waals surface area contributed by atoms with Crippen LogP contribution in [0.2, 0.25) is 0 Å². The highest BCUT2D eigenvalue weighted by molar-refractivity contribution is 7.85. The fourth-order valence-electron chi connectivity index (χ4n) is 1.79. The van der Waals surface area contributed by atoms with Gasteiger partial charge in [-0.25, -0.2) is 9.78 Å². The van der Waals surface area contributed by atoms with Crippen LogP contribution in [-0.4, -0.2) is 49.8 Å². The summed E-state index contributed by atoms with van der Waals surface area (Å²) in [7, 11) is -0.897. The van der Waals surface area contributed by atoms with E-state index in [-0.39, 0.29) is 17.1 Å². The molecule has 2 heterocycles. The molecule has 0 radical (unpaired) electrons. The van der Waals surface area contributed by atoms with E-state index >= 15 is 0 Å². The van der Waals surface area contributed by atoms with Crippen LogP contribution >= 0.6 is 0 Å². The van der Waals surface area contributed by atoms with E-state index in [1.54, 1.807) is 4.90 Å². The molecule has 1 aliphatic heterocycles. The zero-order valence-corrected chi connectivity index (χ0v) is 10.6. The molecular formula is C10H11N3O5S. The predicted octanol–water partition coefficient (Wildman–Crippen LogP) is 0.257. The highest BCUT2D eigenvalue weighted by Crippen LogP contribution is 2.27. The van der Waals surface area contributed by atoms with Crippen LogP contribution in [0.3, 0.4) is 0 Å². The van der Waals surface area contributed by atoms with Crippen LogP contribution in [0.1, 0.15) is 10.4 Å². The van der Waals surface area contributed by atoms with Crippen molar-refractivity contribution in [2.75, 3.05) is 29.5 Å². The molecule has 1 aromatic heterocycles. The normalized spacial score (nSPS) is 16.3. The van der Waals surface area contributed by atoms with Crippen molar-refractivity contribution in [3.8, 4) is 0 Å². The lowest BCUT2D eigenvalue weighted by Gasteiger charge is -2.26. The first-order valence-electron chi connectivity index (χ1n) is 5.46. The van der Waals surface area contributed by atoms with Gasteiger partial charge in [0.1, 0.15) is 0 Å². The molecule has 1 saturated heterocycles. The second-order valence-electron chi connectivity index (χ2n) is 3.96. The summed E-state index contributed by atoms with van der Waals surface area (Å²) in [5.41, 5.74) is -0.566. The lowest BCUT2D eigenvalue weighted by Crippen LogP contribution is -2.38. The van der Waals surface area contributed by atoms with Crippen LogP contribution < -0.4 is 4.90 Å². The van der Waals surface area contributed by atoms with Gasteiger partial charge in [-0.2, -0.15) is 0 Å². The summed E-state index contributed by atoms with van der Waals surface area (Å²) >= 11 is 0. The van der Waals surface area contributed by atoms with Crippen molar-refractivity contribution >= 4 is 28.3 Å². The molecule has 1 fully saturated rings. The Bertz CT molecular complexity index is 552. The number of nitrogens with zero attached hydrogens (tertiary/aromatic N) is 3. The van der Waals surface area contributed by atoms with Crippen molar-refractivity contribution in [1.29, 1.82) is 0 Å². The Hall–Kier alpha value is -2.03. The standard InChI is InChI=1S/C10H11N3O5S/c14-10(15)7-5-8(13(16)17)9(11-6-7)12-1-3-19(18)4-2-12/h5-6H,1-4H2,(H,14,15). The maximum absolute atomic E-state index is 11.3. The lowest BCUT2D eigenvalue weighted by atomic mass is 10.2. The molecule has 0 spiro atoms. The van der Waals surface area contributed by atoms with Crippen molar-refractivity contribution in [1.82, 2.24) is 4.98 Å². The number of rotatable bonds is 3. The summed E-state index contributed by atoms with van der Waals surface area (Å²) in [6.45, 7) is 0.819. The van der Waals surface area contributed by atoms with E-state index in [4.69, 9.17) is 5.11 Å². The summed E-state index contributed by atoms with van der Waals surface area (Å²) in [4.78, 5) is 26.7. The number of carbonyl (C=O) groups is 1. The average molecular weight is 285 g/mol. The number of aromatic carboxylic acids is 1. The highest BCUT2D eigenvalue weighted by Gasteiger charge is 2.26. The summed E-state index contributed by atoms with van der Waals surface area (Å²) in [6.07, 6.45) is 1.09. The smallest absolute Gasteiger partial charge is 0.337 e. The van der Waals surface area contributed by atoms with Gasteiger partial charge in [0.05, 0.1) is 10.5 Å². The Morgan fingerprint density at radius 1 is 1.47 bits per heavy atom. The molecule has 9 heteroatoms. The maximum Gasteiger partial charge on any atom is 0.337 e. The van der Waals surface area contributed by atoms with E-state index in [0.717, 1.165) is 12.3 Å². The van der Waals surface area contributed by atoms with Gasteiger partial charge in [0.15, 0.2) is 0 Å². The van der Waals surface area contributed by atoms with E-state index in [2.05, 4.69) is 4.98 Å². The number of anilines is 1. The molecule has 0 aromatic carbocycles. The van der Waals surface area contributed by atoms with Crippen molar-refractivity contribution in [2.45, 2.75) is 0 Å². The fourth-order valence-corrected chi connectivity index (χ4v) is 2.84. The van der Waals surface area contributed by atoms with Crippen LogP contribution in [-0.2, 0) is 10.8 Å². The largest absolute Gasteiger partial charge is 0.478 e. The van der Waals surface area contributed by atoms with Crippen molar-refractivity contribution < 1.29 is 19.0 Å². The first-order chi connectivity index (χ1) is 8.99. The van der Waals surface area contributed by atoms with Crippen LogP contribution in [0.5, 0.6) is 0 Å². The third kappa shape index (κ3) is 2.87. The third-order valence-electron chi connectivity index (χ3n) is 2.77. The second kappa shape index (κ2) is 5.31. The molecular weight excluding hydrogens is 274 g/mol. The third-order valence-corrected chi connectivity index (χ3v) is 4.04. The zero-order valence-electron chi connectivity index (χ0n) is 9.81. The van der Waals surface area contributed by atoms with Gasteiger partial charge in [-0.3, -0.25) is 14.3 Å². The molecule has 1 aromatic rings. The Kier molecular flexibility index (Phi) is 3.74. The van der Waals surface area contributed by atoms with Gasteiger partial charge in [-0.05, 0) is 0 Å². The molecule has 2 rings (SSSR count). The Morgan fingerprint density at radius 2 is 2.11 bits per heavy atom. The predicted molar refractivity (Wildman–Crippen MR) is 67.9 cm³/mol. The quantitative estimate of drug-likeness (QED) is 0.625. The number of aromatic nitrogens is 1. The summed E-state index contributed by atoms with van der Waals surface area (Å²) < 4.78 is 11.3. The van der Waals surface area contributed by atoms with Gasteiger partial charge >= 0.3 is 11.7 Å². The molecule has 0 saturated carbocycles. The zero-order chi connectivity index (χ0) is 14.0. The van der Waals surface area contributed by atoms with E-state index in [0.29, 0.717) is 24.6 Å². The molecule has 102 valence electrons. The van der Waals surface area contributed by atoms with Crippen molar-refractivity contribution in [3.05, 3.63) is 27.9 Å². The van der Waals surface area contributed by atoms with Gasteiger partial charge in [-0.1, -0.05) is 0 Å². The van der Waals surface area contributed by atoms with Gasteiger partial charge in [0, 0.05) is 47.7 Å². The van der Waals surface area contributed by atoms with Crippen LogP contribution in [0.4, 0.5) is 11.5 Å². The van der Waals surface area contributed by atoms with Gasteiger partial charge in [-0.15, -0.1) is 0 Å². The van der Waals surface area contributed by atoms with Crippen LogP contribution in [0.25, 0.3) is 0 Å². The fraction of sp³-hybridized carbons (Fsp3) is 0.400. The first-order valence-corrected chi connectivity index (χ1v) is 6.95. The minimum absolute atomic E-state index is 0.131. The lowest BCUT2D eigenvalue weighted by molar-refractivity contribution is -0.384.